The van der Waals surface area contributed by atoms with E-state index < -0.39 is 0 Å². The third kappa shape index (κ3) is 2.81. The second-order valence-corrected chi connectivity index (χ2v) is 7.71. The molecule has 0 fully saturated rings. The van der Waals surface area contributed by atoms with E-state index >= 15 is 0 Å². The Hall–Kier alpha value is -2.35. The van der Waals surface area contributed by atoms with E-state index in [4.69, 9.17) is 4.98 Å². The molecule has 0 spiro atoms. The van der Waals surface area contributed by atoms with Gasteiger partial charge < -0.3 is 0 Å². The van der Waals surface area contributed by atoms with Crippen molar-refractivity contribution in [1.29, 1.82) is 0 Å². The van der Waals surface area contributed by atoms with E-state index in [2.05, 4.69) is 84.3 Å². The Morgan fingerprint density at radius 3 is 2.30 bits per heavy atom. The van der Waals surface area contributed by atoms with Crippen molar-refractivity contribution in [2.45, 2.75) is 6.92 Å². The van der Waals surface area contributed by atoms with Gasteiger partial charge in [-0.2, -0.15) is 0 Å². The molecule has 4 rings (SSSR count). The van der Waals surface area contributed by atoms with Gasteiger partial charge in [-0.3, -0.25) is 0 Å². The zero-order chi connectivity index (χ0) is 15.6. The van der Waals surface area contributed by atoms with Crippen LogP contribution in [0.3, 0.4) is 0 Å². The monoisotopic (exact) mass is 364 g/mol. The van der Waals surface area contributed by atoms with Gasteiger partial charge in [0.15, 0.2) is 0 Å². The summed E-state index contributed by atoms with van der Waals surface area (Å²) in [6.45, 7) is 2.11. The molecular weight excluding hydrogens is 347 g/mol. The van der Waals surface area contributed by atoms with Gasteiger partial charge in [-0.15, -0.1) is 0 Å². The molecule has 0 saturated heterocycles. The van der Waals surface area contributed by atoms with Crippen LogP contribution in [0, 0.1) is 6.92 Å². The fourth-order valence-corrected chi connectivity index (χ4v) is 4.77. The second kappa shape index (κ2) is 6.04. The van der Waals surface area contributed by atoms with E-state index in [1.54, 1.807) is 0 Å². The molecule has 23 heavy (non-hydrogen) atoms. The SMILES string of the molecule is Cc1ccn2c([Se]c3ccccc3)c(-c3ccccc3)nc2c1. The maximum absolute atomic E-state index is 4.92. The van der Waals surface area contributed by atoms with Crippen LogP contribution >= 0.6 is 0 Å². The fraction of sp³-hybridized carbons (Fsp3) is 0.0500. The summed E-state index contributed by atoms with van der Waals surface area (Å²) in [5.74, 6) is 0. The maximum atomic E-state index is 4.92. The van der Waals surface area contributed by atoms with Gasteiger partial charge in [0, 0.05) is 0 Å². The predicted octanol–water partition coefficient (Wildman–Crippen LogP) is 2.96. The molecule has 112 valence electrons. The van der Waals surface area contributed by atoms with Gasteiger partial charge in [0.1, 0.15) is 0 Å². The number of nitrogens with zero attached hydrogens (tertiary/aromatic N) is 2. The summed E-state index contributed by atoms with van der Waals surface area (Å²) in [4.78, 5) is 4.92. The van der Waals surface area contributed by atoms with E-state index in [0.717, 1.165) is 11.3 Å². The zero-order valence-electron chi connectivity index (χ0n) is 12.8. The first-order chi connectivity index (χ1) is 11.3. The number of hydrogen-bond acceptors (Lipinski definition) is 1. The van der Waals surface area contributed by atoms with Crippen LogP contribution in [0.15, 0.2) is 79.0 Å². The minimum absolute atomic E-state index is 0.209. The van der Waals surface area contributed by atoms with Crippen LogP contribution in [0.1, 0.15) is 5.56 Å². The Balaban J connectivity index is 1.92. The van der Waals surface area contributed by atoms with Crippen molar-refractivity contribution in [2.24, 2.45) is 0 Å². The summed E-state index contributed by atoms with van der Waals surface area (Å²) >= 11 is 0.209. The van der Waals surface area contributed by atoms with Gasteiger partial charge in [-0.25, -0.2) is 0 Å². The molecule has 0 bridgehead atoms. The summed E-state index contributed by atoms with van der Waals surface area (Å²) in [5, 5.41) is 0. The number of rotatable bonds is 3. The minimum atomic E-state index is 0.209. The van der Waals surface area contributed by atoms with Crippen LogP contribution < -0.4 is 9.05 Å². The van der Waals surface area contributed by atoms with Crippen molar-refractivity contribution in [3.05, 3.63) is 84.6 Å². The Morgan fingerprint density at radius 2 is 1.57 bits per heavy atom. The molecule has 0 amide bonds. The topological polar surface area (TPSA) is 17.3 Å². The predicted molar refractivity (Wildman–Crippen MR) is 96.8 cm³/mol. The number of fused-ring (bicyclic) bond motifs is 1. The number of hydrogen-bond donors (Lipinski definition) is 0. The first kappa shape index (κ1) is 14.3. The zero-order valence-corrected chi connectivity index (χ0v) is 14.5. The molecular formula is C20H16N2Se. The van der Waals surface area contributed by atoms with Crippen LogP contribution in [-0.4, -0.2) is 24.3 Å². The molecule has 0 atom stereocenters. The molecule has 0 aliphatic heterocycles. The molecule has 3 heteroatoms. The number of aromatic nitrogens is 2. The third-order valence-electron chi connectivity index (χ3n) is 3.74. The van der Waals surface area contributed by atoms with E-state index in [0.29, 0.717) is 0 Å². The Bertz CT molecular complexity index is 943. The van der Waals surface area contributed by atoms with Crippen molar-refractivity contribution in [1.82, 2.24) is 9.38 Å². The summed E-state index contributed by atoms with van der Waals surface area (Å²) in [7, 11) is 0. The average Bonchev–Trinajstić information content (AvgIpc) is 2.94. The van der Waals surface area contributed by atoms with Gasteiger partial charge in [0.05, 0.1) is 0 Å². The molecule has 0 aliphatic carbocycles. The van der Waals surface area contributed by atoms with Gasteiger partial charge >= 0.3 is 142 Å². The molecule has 0 unspecified atom stereocenters. The van der Waals surface area contributed by atoms with Crippen molar-refractivity contribution in [3.63, 3.8) is 0 Å². The standard InChI is InChI=1S/C20H16N2Se/c1-15-12-13-22-18(14-15)21-19(16-8-4-2-5-9-16)20(22)23-17-10-6-3-7-11-17/h2-14H,1H3. The molecule has 2 nitrogen and oxygen atoms in total. The summed E-state index contributed by atoms with van der Waals surface area (Å²) in [5.41, 5.74) is 4.54. The molecule has 2 aromatic heterocycles. The van der Waals surface area contributed by atoms with E-state index in [1.807, 2.05) is 6.07 Å². The molecule has 2 heterocycles. The normalized spacial score (nSPS) is 11.0. The summed E-state index contributed by atoms with van der Waals surface area (Å²) < 4.78 is 4.90. The third-order valence-corrected chi connectivity index (χ3v) is 6.03. The number of benzene rings is 2. The van der Waals surface area contributed by atoms with Crippen LogP contribution in [0.25, 0.3) is 16.9 Å². The Kier molecular flexibility index (Phi) is 3.74. The summed E-state index contributed by atoms with van der Waals surface area (Å²) in [6.07, 6.45) is 2.14. The van der Waals surface area contributed by atoms with Crippen LogP contribution in [-0.2, 0) is 0 Å². The quantitative estimate of drug-likeness (QED) is 0.512. The van der Waals surface area contributed by atoms with Crippen molar-refractivity contribution < 1.29 is 0 Å². The summed E-state index contributed by atoms with van der Waals surface area (Å²) in [6, 6.07) is 25.4. The van der Waals surface area contributed by atoms with Crippen molar-refractivity contribution >= 4 is 29.7 Å². The molecule has 0 N–H and O–H groups in total. The molecule has 0 radical (unpaired) electrons. The number of imidazole rings is 1. The fourth-order valence-electron chi connectivity index (χ4n) is 2.61. The molecule has 0 saturated carbocycles. The number of aryl methyl sites for hydroxylation is 1. The van der Waals surface area contributed by atoms with Gasteiger partial charge in [-0.05, 0) is 0 Å². The Labute approximate surface area is 142 Å². The first-order valence-electron chi connectivity index (χ1n) is 7.58. The van der Waals surface area contributed by atoms with Crippen molar-refractivity contribution in [2.75, 3.05) is 0 Å². The molecule has 0 aliphatic rings. The van der Waals surface area contributed by atoms with E-state index in [1.165, 1.54) is 20.2 Å². The van der Waals surface area contributed by atoms with Gasteiger partial charge in [-0.1, -0.05) is 0 Å². The van der Waals surface area contributed by atoms with Gasteiger partial charge in [0.2, 0.25) is 0 Å². The van der Waals surface area contributed by atoms with Crippen LogP contribution in [0.5, 0.6) is 0 Å². The average molecular weight is 363 g/mol. The Morgan fingerprint density at radius 1 is 0.870 bits per heavy atom. The van der Waals surface area contributed by atoms with Crippen LogP contribution in [0.4, 0.5) is 0 Å². The first-order valence-corrected chi connectivity index (χ1v) is 9.29. The van der Waals surface area contributed by atoms with E-state index in [-0.39, 0.29) is 15.0 Å². The van der Waals surface area contributed by atoms with Crippen molar-refractivity contribution in [3.8, 4) is 11.3 Å². The van der Waals surface area contributed by atoms with Gasteiger partial charge in [0.25, 0.3) is 0 Å². The van der Waals surface area contributed by atoms with Crippen LogP contribution in [0.2, 0.25) is 0 Å². The van der Waals surface area contributed by atoms with E-state index in [9.17, 15) is 0 Å². The molecule has 4 aromatic rings. The number of pyridine rings is 1. The molecule has 2 aromatic carbocycles. The second-order valence-electron chi connectivity index (χ2n) is 5.48.